The molecule has 0 aliphatic heterocycles. The molecular formula is C11H14N4O. The van der Waals surface area contributed by atoms with Crippen LogP contribution in [0.25, 0.3) is 0 Å². The highest BCUT2D eigenvalue weighted by Crippen LogP contribution is 2.14. The van der Waals surface area contributed by atoms with Gasteiger partial charge in [0.1, 0.15) is 6.10 Å². The Labute approximate surface area is 93.8 Å². The maximum absolute atomic E-state index is 9.93. The van der Waals surface area contributed by atoms with E-state index in [4.69, 9.17) is 0 Å². The number of aliphatic hydroxyl groups excluding tert-OH is 1. The van der Waals surface area contributed by atoms with Crippen molar-refractivity contribution in [3.05, 3.63) is 41.7 Å². The third-order valence-electron chi connectivity index (χ3n) is 2.33. The number of hydrogen-bond donors (Lipinski definition) is 1. The molecule has 1 unspecified atom stereocenters. The van der Waals surface area contributed by atoms with E-state index in [0.29, 0.717) is 12.1 Å². The Hall–Kier alpha value is -1.75. The summed E-state index contributed by atoms with van der Waals surface area (Å²) in [5.74, 6) is 0. The lowest BCUT2D eigenvalue weighted by atomic mass is 10.1. The van der Waals surface area contributed by atoms with Crippen LogP contribution in [0.1, 0.15) is 23.1 Å². The van der Waals surface area contributed by atoms with E-state index < -0.39 is 6.10 Å². The molecule has 2 rings (SSSR count). The largest absolute Gasteiger partial charge is 0.386 e. The monoisotopic (exact) mass is 218 g/mol. The predicted molar refractivity (Wildman–Crippen MR) is 58.6 cm³/mol. The summed E-state index contributed by atoms with van der Waals surface area (Å²) in [5.41, 5.74) is 2.42. The molecule has 0 bridgehead atoms. The normalized spacial score (nSPS) is 12.7. The van der Waals surface area contributed by atoms with E-state index in [-0.39, 0.29) is 0 Å². The lowest BCUT2D eigenvalue weighted by molar-refractivity contribution is 0.173. The minimum Gasteiger partial charge on any atom is -0.386 e. The van der Waals surface area contributed by atoms with Crippen molar-refractivity contribution in [1.82, 2.24) is 19.7 Å². The van der Waals surface area contributed by atoms with Gasteiger partial charge in [-0.3, -0.25) is 14.6 Å². The Morgan fingerprint density at radius 1 is 1.31 bits per heavy atom. The van der Waals surface area contributed by atoms with Gasteiger partial charge in [-0.25, -0.2) is 0 Å². The second-order valence-electron chi connectivity index (χ2n) is 3.82. The van der Waals surface area contributed by atoms with Crippen LogP contribution >= 0.6 is 0 Å². The van der Waals surface area contributed by atoms with Crippen molar-refractivity contribution in [2.24, 2.45) is 7.05 Å². The van der Waals surface area contributed by atoms with Crippen molar-refractivity contribution < 1.29 is 5.11 Å². The molecule has 0 fully saturated rings. The number of rotatable bonds is 3. The second kappa shape index (κ2) is 4.40. The highest BCUT2D eigenvalue weighted by atomic mass is 16.3. The Kier molecular flexibility index (Phi) is 2.96. The molecule has 2 aromatic rings. The Balaban J connectivity index is 2.08. The summed E-state index contributed by atoms with van der Waals surface area (Å²) in [6.07, 6.45) is 6.76. The summed E-state index contributed by atoms with van der Waals surface area (Å²) in [6, 6.07) is 0. The summed E-state index contributed by atoms with van der Waals surface area (Å²) in [4.78, 5) is 8.25. The molecule has 5 heteroatoms. The molecule has 1 atom stereocenters. The summed E-state index contributed by atoms with van der Waals surface area (Å²) in [6.45, 7) is 1.87. The van der Waals surface area contributed by atoms with Gasteiger partial charge in [-0.1, -0.05) is 0 Å². The van der Waals surface area contributed by atoms with E-state index >= 15 is 0 Å². The minimum atomic E-state index is -0.628. The number of aliphatic hydroxyl groups is 1. The maximum Gasteiger partial charge on any atom is 0.102 e. The molecule has 0 spiro atoms. The van der Waals surface area contributed by atoms with Crippen molar-refractivity contribution in [3.8, 4) is 0 Å². The van der Waals surface area contributed by atoms with Crippen LogP contribution in [0, 0.1) is 6.92 Å². The van der Waals surface area contributed by atoms with E-state index in [2.05, 4.69) is 15.1 Å². The van der Waals surface area contributed by atoms with Crippen LogP contribution in [-0.4, -0.2) is 24.9 Å². The fourth-order valence-corrected chi connectivity index (χ4v) is 1.48. The lowest BCUT2D eigenvalue weighted by Gasteiger charge is -2.07. The first-order valence-corrected chi connectivity index (χ1v) is 5.09. The molecule has 2 aromatic heterocycles. The van der Waals surface area contributed by atoms with Crippen molar-refractivity contribution in [2.45, 2.75) is 19.4 Å². The standard InChI is InChI=1S/C11H14N4O/c1-8-4-13-10(6-12-8)11(16)3-9-5-14-15(2)7-9/h4-7,11,16H,3H2,1-2H3. The Morgan fingerprint density at radius 2 is 2.12 bits per heavy atom. The molecule has 0 saturated heterocycles. The highest BCUT2D eigenvalue weighted by Gasteiger charge is 2.11. The topological polar surface area (TPSA) is 63.8 Å². The Bertz CT molecular complexity index is 463. The van der Waals surface area contributed by atoms with Crippen molar-refractivity contribution in [2.75, 3.05) is 0 Å². The fraction of sp³-hybridized carbons (Fsp3) is 0.364. The van der Waals surface area contributed by atoms with Crippen LogP contribution in [0.5, 0.6) is 0 Å². The van der Waals surface area contributed by atoms with Crippen molar-refractivity contribution >= 4 is 0 Å². The summed E-state index contributed by atoms with van der Waals surface area (Å²) in [7, 11) is 1.85. The first-order valence-electron chi connectivity index (χ1n) is 5.09. The SMILES string of the molecule is Cc1cnc(C(O)Cc2cnn(C)c2)cn1. The van der Waals surface area contributed by atoms with E-state index in [9.17, 15) is 5.11 Å². The van der Waals surface area contributed by atoms with Gasteiger partial charge in [-0.05, 0) is 12.5 Å². The van der Waals surface area contributed by atoms with Crippen LogP contribution in [-0.2, 0) is 13.5 Å². The van der Waals surface area contributed by atoms with Gasteiger partial charge in [0.15, 0.2) is 0 Å². The zero-order chi connectivity index (χ0) is 11.5. The van der Waals surface area contributed by atoms with Gasteiger partial charge >= 0.3 is 0 Å². The molecule has 1 N–H and O–H groups in total. The lowest BCUT2D eigenvalue weighted by Crippen LogP contribution is -2.04. The molecular weight excluding hydrogens is 204 g/mol. The van der Waals surface area contributed by atoms with Crippen LogP contribution in [0.4, 0.5) is 0 Å². The van der Waals surface area contributed by atoms with Gasteiger partial charge in [0, 0.05) is 25.9 Å². The van der Waals surface area contributed by atoms with Crippen LogP contribution in [0.15, 0.2) is 24.8 Å². The van der Waals surface area contributed by atoms with E-state index in [1.165, 1.54) is 0 Å². The molecule has 84 valence electrons. The molecule has 0 aliphatic rings. The molecule has 2 heterocycles. The number of aryl methyl sites for hydroxylation is 2. The fourth-order valence-electron chi connectivity index (χ4n) is 1.48. The van der Waals surface area contributed by atoms with Crippen LogP contribution in [0.2, 0.25) is 0 Å². The average Bonchev–Trinajstić information content (AvgIpc) is 2.65. The summed E-state index contributed by atoms with van der Waals surface area (Å²) in [5, 5.41) is 14.0. The van der Waals surface area contributed by atoms with Crippen molar-refractivity contribution in [1.29, 1.82) is 0 Å². The number of aromatic nitrogens is 4. The third kappa shape index (κ3) is 2.43. The van der Waals surface area contributed by atoms with Gasteiger partial charge in [-0.15, -0.1) is 0 Å². The van der Waals surface area contributed by atoms with E-state index in [1.807, 2.05) is 20.2 Å². The third-order valence-corrected chi connectivity index (χ3v) is 2.33. The van der Waals surface area contributed by atoms with Crippen LogP contribution in [0.3, 0.4) is 0 Å². The van der Waals surface area contributed by atoms with Crippen LogP contribution < -0.4 is 0 Å². The molecule has 5 nitrogen and oxygen atoms in total. The van der Waals surface area contributed by atoms with E-state index in [0.717, 1.165) is 11.3 Å². The molecule has 0 aliphatic carbocycles. The van der Waals surface area contributed by atoms with Gasteiger partial charge in [0.2, 0.25) is 0 Å². The molecule has 0 amide bonds. The van der Waals surface area contributed by atoms with Crippen molar-refractivity contribution in [3.63, 3.8) is 0 Å². The van der Waals surface area contributed by atoms with Gasteiger partial charge in [-0.2, -0.15) is 5.10 Å². The zero-order valence-corrected chi connectivity index (χ0v) is 9.33. The van der Waals surface area contributed by atoms with Gasteiger partial charge < -0.3 is 5.11 Å². The molecule has 0 radical (unpaired) electrons. The second-order valence-corrected chi connectivity index (χ2v) is 3.82. The summed E-state index contributed by atoms with van der Waals surface area (Å²) < 4.78 is 1.71. The smallest absolute Gasteiger partial charge is 0.102 e. The van der Waals surface area contributed by atoms with Gasteiger partial charge in [0.25, 0.3) is 0 Å². The molecule has 0 saturated carbocycles. The highest BCUT2D eigenvalue weighted by molar-refractivity contribution is 5.11. The zero-order valence-electron chi connectivity index (χ0n) is 9.33. The quantitative estimate of drug-likeness (QED) is 0.827. The molecule has 16 heavy (non-hydrogen) atoms. The summed E-state index contributed by atoms with van der Waals surface area (Å²) >= 11 is 0. The number of hydrogen-bond acceptors (Lipinski definition) is 4. The van der Waals surface area contributed by atoms with E-state index in [1.54, 1.807) is 23.3 Å². The Morgan fingerprint density at radius 3 is 2.69 bits per heavy atom. The molecule has 0 aromatic carbocycles. The first kappa shape index (κ1) is 10.8. The predicted octanol–water partition coefficient (Wildman–Crippen LogP) is 0.795. The van der Waals surface area contributed by atoms with Gasteiger partial charge in [0.05, 0.1) is 23.8 Å². The average molecular weight is 218 g/mol. The number of nitrogens with zero attached hydrogens (tertiary/aromatic N) is 4. The first-order chi connectivity index (χ1) is 7.65. The minimum absolute atomic E-state index is 0.506. The maximum atomic E-state index is 9.93.